The van der Waals surface area contributed by atoms with Crippen molar-refractivity contribution in [2.24, 2.45) is 0 Å². The first-order chi connectivity index (χ1) is 10.3. The Morgan fingerprint density at radius 3 is 2.32 bits per heavy atom. The molecule has 0 saturated heterocycles. The molecule has 2 rings (SSSR count). The molecule has 2 aromatic carbocycles. The van der Waals surface area contributed by atoms with Gasteiger partial charge < -0.3 is 0 Å². The Morgan fingerprint density at radius 2 is 1.73 bits per heavy atom. The van der Waals surface area contributed by atoms with Gasteiger partial charge in [-0.05, 0) is 37.3 Å². The molecule has 0 aromatic heterocycles. The van der Waals surface area contributed by atoms with Crippen molar-refractivity contribution in [3.05, 3.63) is 71.8 Å². The van der Waals surface area contributed by atoms with Crippen molar-refractivity contribution in [1.82, 2.24) is 5.48 Å². The molecule has 7 heteroatoms. The molecule has 0 bridgehead atoms. The van der Waals surface area contributed by atoms with E-state index in [4.69, 9.17) is 0 Å². The zero-order valence-corrected chi connectivity index (χ0v) is 12.5. The molecule has 0 amide bonds. The van der Waals surface area contributed by atoms with Gasteiger partial charge in [0.2, 0.25) is 0 Å². The second-order valence-corrected chi connectivity index (χ2v) is 6.11. The van der Waals surface area contributed by atoms with Gasteiger partial charge in [0.05, 0.1) is 10.6 Å². The molecule has 2 aromatic rings. The molecule has 0 aliphatic heterocycles. The van der Waals surface area contributed by atoms with Crippen LogP contribution >= 0.6 is 0 Å². The predicted molar refractivity (Wildman–Crippen MR) is 78.0 cm³/mol. The molecule has 0 aliphatic carbocycles. The van der Waals surface area contributed by atoms with Crippen molar-refractivity contribution in [3.8, 4) is 0 Å². The van der Waals surface area contributed by atoms with Gasteiger partial charge in [-0.25, -0.2) is 14.3 Å². The Balaban J connectivity index is 2.09. The first-order valence-electron chi connectivity index (χ1n) is 6.20. The molecule has 116 valence electrons. The number of aryl methyl sites for hydroxylation is 1. The summed E-state index contributed by atoms with van der Waals surface area (Å²) in [6.45, 7) is 5.34. The van der Waals surface area contributed by atoms with Gasteiger partial charge in [-0.15, -0.1) is 4.28 Å². The summed E-state index contributed by atoms with van der Waals surface area (Å²) in [5, 5.41) is 0. The van der Waals surface area contributed by atoms with Gasteiger partial charge in [0.1, 0.15) is 0 Å². The minimum Gasteiger partial charge on any atom is -0.249 e. The lowest BCUT2D eigenvalue weighted by atomic mass is 10.2. The molecule has 0 unspecified atom stereocenters. The number of hydroxylamine groups is 1. The minimum absolute atomic E-state index is 0.0189. The van der Waals surface area contributed by atoms with E-state index < -0.39 is 21.8 Å². The average Bonchev–Trinajstić information content (AvgIpc) is 2.48. The SMILES string of the molecule is C=C(NOS(=O)(=O)c1ccc(C)cc1)c1ccc(F)c(F)c1. The molecule has 0 heterocycles. The van der Waals surface area contributed by atoms with E-state index in [1.165, 1.54) is 18.2 Å². The fraction of sp³-hybridized carbons (Fsp3) is 0.0667. The second kappa shape index (κ2) is 6.25. The van der Waals surface area contributed by atoms with Crippen LogP contribution < -0.4 is 5.48 Å². The first-order valence-corrected chi connectivity index (χ1v) is 7.61. The summed E-state index contributed by atoms with van der Waals surface area (Å²) in [7, 11) is -4.04. The predicted octanol–water partition coefficient (Wildman–Crippen LogP) is 3.15. The quantitative estimate of drug-likeness (QED) is 0.858. The number of nitrogens with one attached hydrogen (secondary N) is 1. The van der Waals surface area contributed by atoms with Crippen molar-refractivity contribution >= 4 is 15.8 Å². The van der Waals surface area contributed by atoms with Gasteiger partial charge in [-0.2, -0.15) is 8.42 Å². The molecule has 4 nitrogen and oxygen atoms in total. The Bertz CT molecular complexity index is 802. The lowest BCUT2D eigenvalue weighted by Crippen LogP contribution is -2.19. The van der Waals surface area contributed by atoms with Crippen molar-refractivity contribution in [2.45, 2.75) is 11.8 Å². The number of benzene rings is 2. The van der Waals surface area contributed by atoms with Crippen molar-refractivity contribution in [1.29, 1.82) is 0 Å². The Hall–Kier alpha value is -2.25. The number of halogens is 2. The molecule has 1 N–H and O–H groups in total. The third-order valence-corrected chi connectivity index (χ3v) is 4.00. The van der Waals surface area contributed by atoms with Gasteiger partial charge in [0.25, 0.3) is 0 Å². The van der Waals surface area contributed by atoms with Crippen LogP contribution in [0.15, 0.2) is 53.9 Å². The van der Waals surface area contributed by atoms with Crippen LogP contribution in [0.2, 0.25) is 0 Å². The number of hydrogen-bond donors (Lipinski definition) is 1. The normalized spacial score (nSPS) is 11.2. The van der Waals surface area contributed by atoms with Gasteiger partial charge >= 0.3 is 10.1 Å². The molecule has 22 heavy (non-hydrogen) atoms. The molecule has 0 spiro atoms. The van der Waals surface area contributed by atoms with Crippen molar-refractivity contribution in [2.75, 3.05) is 0 Å². The van der Waals surface area contributed by atoms with Crippen LogP contribution in [-0.2, 0) is 14.4 Å². The Kier molecular flexibility index (Phi) is 4.58. The van der Waals surface area contributed by atoms with Gasteiger partial charge in [0.15, 0.2) is 11.6 Å². The average molecular weight is 325 g/mol. The minimum atomic E-state index is -4.04. The van der Waals surface area contributed by atoms with E-state index in [9.17, 15) is 17.2 Å². The van der Waals surface area contributed by atoms with Crippen LogP contribution in [0.25, 0.3) is 5.70 Å². The molecule has 0 atom stereocenters. The summed E-state index contributed by atoms with van der Waals surface area (Å²) < 4.78 is 54.5. The first kappa shape index (κ1) is 16.1. The lowest BCUT2D eigenvalue weighted by Gasteiger charge is -2.10. The second-order valence-electron chi connectivity index (χ2n) is 4.56. The van der Waals surface area contributed by atoms with Crippen LogP contribution in [0, 0.1) is 18.6 Å². The fourth-order valence-corrected chi connectivity index (χ4v) is 2.38. The largest absolute Gasteiger partial charge is 0.317 e. The summed E-state index contributed by atoms with van der Waals surface area (Å²) in [5.41, 5.74) is 3.17. The smallest absolute Gasteiger partial charge is 0.249 e. The molecule has 0 saturated carbocycles. The maximum absolute atomic E-state index is 13.1. The zero-order valence-electron chi connectivity index (χ0n) is 11.6. The highest BCUT2D eigenvalue weighted by molar-refractivity contribution is 7.86. The summed E-state index contributed by atoms with van der Waals surface area (Å²) in [5.74, 6) is -2.08. The van der Waals surface area contributed by atoms with E-state index >= 15 is 0 Å². The van der Waals surface area contributed by atoms with Crippen LogP contribution in [0.4, 0.5) is 8.78 Å². The molecule has 0 radical (unpaired) electrons. The lowest BCUT2D eigenvalue weighted by molar-refractivity contribution is 0.259. The van der Waals surface area contributed by atoms with Gasteiger partial charge in [-0.3, -0.25) is 0 Å². The molecule has 0 aliphatic rings. The van der Waals surface area contributed by atoms with E-state index in [1.807, 2.05) is 6.92 Å². The van der Waals surface area contributed by atoms with E-state index in [0.717, 1.165) is 17.7 Å². The molecular formula is C15H13F2NO3S. The van der Waals surface area contributed by atoms with Gasteiger partial charge in [-0.1, -0.05) is 24.3 Å². The Labute approximate surface area is 127 Å². The number of rotatable bonds is 5. The summed E-state index contributed by atoms with van der Waals surface area (Å²) in [4.78, 5) is -0.0383. The van der Waals surface area contributed by atoms with E-state index in [2.05, 4.69) is 16.3 Å². The zero-order chi connectivity index (χ0) is 16.3. The van der Waals surface area contributed by atoms with Gasteiger partial charge in [0, 0.05) is 5.56 Å². The van der Waals surface area contributed by atoms with E-state index in [1.54, 1.807) is 12.1 Å². The standard InChI is InChI=1S/C15H13F2NO3S/c1-10-3-6-13(7-4-10)22(19,20)21-18-11(2)12-5-8-14(16)15(17)9-12/h3-9,18H,2H2,1H3. The highest BCUT2D eigenvalue weighted by Crippen LogP contribution is 2.16. The van der Waals surface area contributed by atoms with Crippen molar-refractivity contribution < 1.29 is 21.5 Å². The van der Waals surface area contributed by atoms with Crippen LogP contribution in [0.5, 0.6) is 0 Å². The highest BCUT2D eigenvalue weighted by Gasteiger charge is 2.16. The maximum Gasteiger partial charge on any atom is 0.317 e. The topological polar surface area (TPSA) is 55.4 Å². The Morgan fingerprint density at radius 1 is 1.09 bits per heavy atom. The molecular weight excluding hydrogens is 312 g/mol. The third kappa shape index (κ3) is 3.69. The maximum atomic E-state index is 13.1. The monoisotopic (exact) mass is 325 g/mol. The summed E-state index contributed by atoms with van der Waals surface area (Å²) in [6.07, 6.45) is 0. The fourth-order valence-electron chi connectivity index (χ4n) is 1.60. The van der Waals surface area contributed by atoms with E-state index in [0.29, 0.717) is 0 Å². The van der Waals surface area contributed by atoms with Crippen LogP contribution in [0.1, 0.15) is 11.1 Å². The third-order valence-electron chi connectivity index (χ3n) is 2.85. The van der Waals surface area contributed by atoms with E-state index in [-0.39, 0.29) is 16.2 Å². The molecule has 0 fully saturated rings. The summed E-state index contributed by atoms with van der Waals surface area (Å²) >= 11 is 0. The number of hydrogen-bond acceptors (Lipinski definition) is 4. The highest BCUT2D eigenvalue weighted by atomic mass is 32.2. The van der Waals surface area contributed by atoms with Crippen LogP contribution in [0.3, 0.4) is 0 Å². The summed E-state index contributed by atoms with van der Waals surface area (Å²) in [6, 6.07) is 9.08. The van der Waals surface area contributed by atoms with Crippen LogP contribution in [-0.4, -0.2) is 8.42 Å². The van der Waals surface area contributed by atoms with Crippen molar-refractivity contribution in [3.63, 3.8) is 0 Å².